The monoisotopic (exact) mass is 639 g/mol. The highest BCUT2D eigenvalue weighted by Crippen LogP contribution is 2.41. The number of hydrogen-bond acceptors (Lipinski definition) is 5. The maximum atomic E-state index is 15.4. The zero-order valence-electron chi connectivity index (χ0n) is 25.0. The molecule has 11 heteroatoms. The molecule has 0 aliphatic carbocycles. The zero-order valence-corrected chi connectivity index (χ0v) is 25.9. The summed E-state index contributed by atoms with van der Waals surface area (Å²) in [6.45, 7) is 2.62. The van der Waals surface area contributed by atoms with E-state index in [4.69, 9.17) is 4.74 Å². The van der Waals surface area contributed by atoms with Gasteiger partial charge in [-0.05, 0) is 59.5 Å². The minimum atomic E-state index is -4.51. The quantitative estimate of drug-likeness (QED) is 0.235. The van der Waals surface area contributed by atoms with Crippen LogP contribution in [0.25, 0.3) is 44.4 Å². The van der Waals surface area contributed by atoms with Gasteiger partial charge in [0.15, 0.2) is 0 Å². The molecular weight excluding hydrogens is 612 g/mol. The van der Waals surface area contributed by atoms with Crippen molar-refractivity contribution in [1.29, 1.82) is 0 Å². The number of aromatic nitrogens is 3. The van der Waals surface area contributed by atoms with Gasteiger partial charge in [-0.2, -0.15) is 0 Å². The van der Waals surface area contributed by atoms with Gasteiger partial charge in [0.25, 0.3) is 21.1 Å². The number of benzene rings is 3. The summed E-state index contributed by atoms with van der Waals surface area (Å²) >= 11 is 0. The smallest absolute Gasteiger partial charge is 0.275 e. The number of aryl methyl sites for hydroxylation is 3. The van der Waals surface area contributed by atoms with Gasteiger partial charge < -0.3 is 13.9 Å². The van der Waals surface area contributed by atoms with Gasteiger partial charge in [0, 0.05) is 60.7 Å². The molecule has 0 N–H and O–H groups in total. The van der Waals surface area contributed by atoms with Gasteiger partial charge in [-0.1, -0.05) is 35.9 Å². The Hall–Kier alpha value is -5.13. The summed E-state index contributed by atoms with van der Waals surface area (Å²) in [6, 6.07) is 17.5. The molecule has 1 aliphatic heterocycles. The van der Waals surface area contributed by atoms with Crippen molar-refractivity contribution in [2.45, 2.75) is 25.0 Å². The Labute approximate surface area is 262 Å². The molecule has 0 bridgehead atoms. The SMILES string of the molecule is Cc1ccc(S(=O)(=O)n2c(-c3ccc(F)cc3F)cc3c(-c4cc(=O)n(C)cc4-c4cccc5c4COC5)cn(C)c(=O)c32)cc1. The minimum Gasteiger partial charge on any atom is -0.372 e. The van der Waals surface area contributed by atoms with Gasteiger partial charge in [-0.25, -0.2) is 21.2 Å². The first kappa shape index (κ1) is 29.6. The summed E-state index contributed by atoms with van der Waals surface area (Å²) in [5, 5.41) is 0.177. The van der Waals surface area contributed by atoms with Crippen LogP contribution in [0.5, 0.6) is 0 Å². The lowest BCUT2D eigenvalue weighted by Gasteiger charge is -2.16. The standard InChI is InChI=1S/C35H27F2N3O5S/c1-20-7-10-23(11-8-20)46(43,44)40-32(25-12-9-22(36)13-31(25)37)14-27-29(17-39(3)35(42)34(27)40)26-15-33(41)38(2)16-28(26)24-6-4-5-21-18-45-19-30(21)24/h4-17H,18-19H2,1-3H3. The highest BCUT2D eigenvalue weighted by Gasteiger charge is 2.30. The topological polar surface area (TPSA) is 92.3 Å². The average molecular weight is 640 g/mol. The summed E-state index contributed by atoms with van der Waals surface area (Å²) in [6.07, 6.45) is 3.24. The van der Waals surface area contributed by atoms with Crippen LogP contribution in [0.2, 0.25) is 0 Å². The maximum Gasteiger partial charge on any atom is 0.275 e. The van der Waals surface area contributed by atoms with E-state index in [1.807, 2.05) is 18.2 Å². The van der Waals surface area contributed by atoms with Gasteiger partial charge in [0.05, 0.1) is 23.8 Å². The van der Waals surface area contributed by atoms with Crippen molar-refractivity contribution in [3.8, 4) is 33.5 Å². The Balaban J connectivity index is 1.63. The van der Waals surface area contributed by atoms with Crippen molar-refractivity contribution in [1.82, 2.24) is 13.1 Å². The number of rotatable bonds is 5. The predicted octanol–water partition coefficient (Wildman–Crippen LogP) is 5.89. The third-order valence-electron chi connectivity index (χ3n) is 8.45. The van der Waals surface area contributed by atoms with Crippen LogP contribution in [0.4, 0.5) is 8.78 Å². The molecule has 3 aromatic heterocycles. The van der Waals surface area contributed by atoms with Crippen LogP contribution in [0.1, 0.15) is 16.7 Å². The van der Waals surface area contributed by atoms with Crippen molar-refractivity contribution in [2.24, 2.45) is 14.1 Å². The molecule has 6 aromatic rings. The summed E-state index contributed by atoms with van der Waals surface area (Å²) in [7, 11) is -1.40. The van der Waals surface area contributed by atoms with Crippen molar-refractivity contribution in [2.75, 3.05) is 0 Å². The van der Waals surface area contributed by atoms with Crippen LogP contribution in [0, 0.1) is 18.6 Å². The highest BCUT2D eigenvalue weighted by molar-refractivity contribution is 7.90. The molecule has 0 unspecified atom stereocenters. The van der Waals surface area contributed by atoms with Crippen LogP contribution < -0.4 is 11.1 Å². The Kier molecular flexibility index (Phi) is 6.91. The van der Waals surface area contributed by atoms with Gasteiger partial charge >= 0.3 is 0 Å². The Morgan fingerprint density at radius 1 is 0.761 bits per heavy atom. The molecule has 3 aromatic carbocycles. The molecule has 0 atom stereocenters. The Bertz CT molecular complexity index is 2460. The van der Waals surface area contributed by atoms with E-state index in [0.29, 0.717) is 36.0 Å². The summed E-state index contributed by atoms with van der Waals surface area (Å²) < 4.78 is 67.4. The molecular formula is C35H27F2N3O5S. The van der Waals surface area contributed by atoms with Crippen molar-refractivity contribution < 1.29 is 21.9 Å². The van der Waals surface area contributed by atoms with E-state index in [0.717, 1.165) is 38.4 Å². The minimum absolute atomic E-state index is 0.124. The molecule has 8 nitrogen and oxygen atoms in total. The lowest BCUT2D eigenvalue weighted by molar-refractivity contribution is 0.134. The Morgan fingerprint density at radius 2 is 1.50 bits per heavy atom. The fourth-order valence-electron chi connectivity index (χ4n) is 6.08. The largest absolute Gasteiger partial charge is 0.372 e. The van der Waals surface area contributed by atoms with Crippen LogP contribution in [0.3, 0.4) is 0 Å². The summed E-state index contributed by atoms with van der Waals surface area (Å²) in [5.41, 5.74) is 3.45. The molecule has 46 heavy (non-hydrogen) atoms. The van der Waals surface area contributed by atoms with Crippen LogP contribution in [-0.4, -0.2) is 21.5 Å². The number of nitrogens with zero attached hydrogens (tertiary/aromatic N) is 3. The molecule has 1 aliphatic rings. The molecule has 0 fully saturated rings. The van der Waals surface area contributed by atoms with Gasteiger partial charge in [0.1, 0.15) is 17.2 Å². The highest BCUT2D eigenvalue weighted by atomic mass is 32.2. The number of ether oxygens (including phenoxy) is 1. The Morgan fingerprint density at radius 3 is 2.24 bits per heavy atom. The van der Waals surface area contributed by atoms with Crippen molar-refractivity contribution >= 4 is 20.9 Å². The van der Waals surface area contributed by atoms with Crippen LogP contribution in [0.15, 0.2) is 99.7 Å². The zero-order chi connectivity index (χ0) is 32.5. The molecule has 0 saturated carbocycles. The van der Waals surface area contributed by atoms with Crippen LogP contribution >= 0.6 is 0 Å². The lowest BCUT2D eigenvalue weighted by Crippen LogP contribution is -2.23. The van der Waals surface area contributed by atoms with E-state index in [1.165, 1.54) is 46.6 Å². The number of fused-ring (bicyclic) bond motifs is 2. The van der Waals surface area contributed by atoms with E-state index >= 15 is 4.39 Å². The molecule has 0 saturated heterocycles. The second kappa shape index (κ2) is 10.7. The van der Waals surface area contributed by atoms with E-state index in [1.54, 1.807) is 32.3 Å². The first-order chi connectivity index (χ1) is 22.0. The van der Waals surface area contributed by atoms with Crippen molar-refractivity contribution in [3.63, 3.8) is 0 Å². The van der Waals surface area contributed by atoms with Crippen molar-refractivity contribution in [3.05, 3.63) is 134 Å². The number of pyridine rings is 2. The molecule has 7 rings (SSSR count). The third kappa shape index (κ3) is 4.62. The normalized spacial score (nSPS) is 13.0. The molecule has 0 radical (unpaired) electrons. The number of halogens is 2. The average Bonchev–Trinajstić information content (AvgIpc) is 3.67. The van der Waals surface area contributed by atoms with Gasteiger partial charge in [0.2, 0.25) is 0 Å². The van der Waals surface area contributed by atoms with Crippen LogP contribution in [-0.2, 0) is 42.1 Å². The fourth-order valence-corrected chi connectivity index (χ4v) is 7.59. The van der Waals surface area contributed by atoms with E-state index in [-0.39, 0.29) is 32.6 Å². The first-order valence-corrected chi connectivity index (χ1v) is 15.8. The lowest BCUT2D eigenvalue weighted by atomic mass is 9.91. The van der Waals surface area contributed by atoms with Gasteiger partial charge in [-0.15, -0.1) is 0 Å². The predicted molar refractivity (Wildman–Crippen MR) is 171 cm³/mol. The van der Waals surface area contributed by atoms with E-state index in [9.17, 15) is 22.4 Å². The van der Waals surface area contributed by atoms with E-state index < -0.39 is 27.2 Å². The molecule has 0 spiro atoms. The first-order valence-electron chi connectivity index (χ1n) is 14.4. The third-order valence-corrected chi connectivity index (χ3v) is 10.2. The van der Waals surface area contributed by atoms with Gasteiger partial charge in [-0.3, -0.25) is 9.59 Å². The second-order valence-corrected chi connectivity index (χ2v) is 13.2. The number of hydrogen-bond donors (Lipinski definition) is 0. The molecule has 0 amide bonds. The fraction of sp³-hybridized carbons (Fsp3) is 0.143. The summed E-state index contributed by atoms with van der Waals surface area (Å²) in [5.74, 6) is -1.85. The second-order valence-electron chi connectivity index (χ2n) is 11.4. The summed E-state index contributed by atoms with van der Waals surface area (Å²) in [4.78, 5) is 26.9. The van der Waals surface area contributed by atoms with E-state index in [2.05, 4.69) is 0 Å². The maximum absolute atomic E-state index is 15.4. The molecule has 232 valence electrons. The molecule has 4 heterocycles.